The number of rotatable bonds is 5. The minimum atomic E-state index is -0.0946. The van der Waals surface area contributed by atoms with Gasteiger partial charge in [0.25, 0.3) is 0 Å². The van der Waals surface area contributed by atoms with E-state index in [1.54, 1.807) is 7.11 Å². The van der Waals surface area contributed by atoms with Gasteiger partial charge >= 0.3 is 0 Å². The molecular formula is C32H27N5O. The van der Waals surface area contributed by atoms with Crippen LogP contribution in [0.2, 0.25) is 0 Å². The van der Waals surface area contributed by atoms with E-state index in [-0.39, 0.29) is 6.04 Å². The van der Waals surface area contributed by atoms with Crippen molar-refractivity contribution in [3.63, 3.8) is 0 Å². The summed E-state index contributed by atoms with van der Waals surface area (Å²) in [5, 5.41) is 5.00. The standard InChI is InChI=1S/C32H27N5O/c1-22-29-30(24-17-19-26(38-2)20-18-24)36-28-16-10-9-15-27(28)35(21-23-11-5-3-6-12-23)32(36)33-31(29)37(34-22)25-13-7-4-8-14-25/h3-20,30H,21H2,1-2H3. The number of para-hydroxylation sites is 3. The molecule has 0 N–H and O–H groups in total. The summed E-state index contributed by atoms with van der Waals surface area (Å²) >= 11 is 0. The Morgan fingerprint density at radius 2 is 1.42 bits per heavy atom. The fraction of sp³-hybridized carbons (Fsp3) is 0.125. The number of aliphatic imine (C=N–C) groups is 1. The predicted octanol–water partition coefficient (Wildman–Crippen LogP) is 6.81. The summed E-state index contributed by atoms with van der Waals surface area (Å²) in [6.45, 7) is 2.80. The van der Waals surface area contributed by atoms with Gasteiger partial charge in [0.2, 0.25) is 5.96 Å². The van der Waals surface area contributed by atoms with Crippen LogP contribution in [0.25, 0.3) is 5.69 Å². The van der Waals surface area contributed by atoms with Gasteiger partial charge in [-0.15, -0.1) is 0 Å². The number of aryl methyl sites for hydroxylation is 1. The number of hydrogen-bond donors (Lipinski definition) is 0. The van der Waals surface area contributed by atoms with Gasteiger partial charge in [-0.25, -0.2) is 4.68 Å². The maximum absolute atomic E-state index is 5.48. The summed E-state index contributed by atoms with van der Waals surface area (Å²) in [5.41, 5.74) is 7.74. The van der Waals surface area contributed by atoms with Crippen LogP contribution in [0.15, 0.2) is 114 Å². The molecule has 186 valence electrons. The lowest BCUT2D eigenvalue weighted by molar-refractivity contribution is 0.414. The van der Waals surface area contributed by atoms with Gasteiger partial charge in [0.1, 0.15) is 5.75 Å². The number of anilines is 2. The van der Waals surface area contributed by atoms with Crippen LogP contribution in [0.5, 0.6) is 5.75 Å². The maximum atomic E-state index is 5.48. The lowest BCUT2D eigenvalue weighted by Gasteiger charge is -2.35. The minimum absolute atomic E-state index is 0.0946. The van der Waals surface area contributed by atoms with Crippen molar-refractivity contribution < 1.29 is 4.74 Å². The average molecular weight is 498 g/mol. The molecule has 4 aromatic carbocycles. The van der Waals surface area contributed by atoms with Crippen LogP contribution in [0, 0.1) is 6.92 Å². The Kier molecular flexibility index (Phi) is 5.25. The van der Waals surface area contributed by atoms with Gasteiger partial charge in [-0.05, 0) is 54.4 Å². The van der Waals surface area contributed by atoms with Crippen molar-refractivity contribution in [2.24, 2.45) is 4.99 Å². The van der Waals surface area contributed by atoms with Gasteiger partial charge in [-0.1, -0.05) is 72.8 Å². The zero-order chi connectivity index (χ0) is 25.6. The molecule has 0 saturated carbocycles. The predicted molar refractivity (Wildman–Crippen MR) is 152 cm³/mol. The topological polar surface area (TPSA) is 45.9 Å². The lowest BCUT2D eigenvalue weighted by Crippen LogP contribution is -2.42. The molecule has 1 unspecified atom stereocenters. The number of fused-ring (bicyclic) bond motifs is 4. The number of hydrogen-bond acceptors (Lipinski definition) is 5. The van der Waals surface area contributed by atoms with Crippen molar-refractivity contribution in [3.05, 3.63) is 132 Å². The monoisotopic (exact) mass is 497 g/mol. The summed E-state index contributed by atoms with van der Waals surface area (Å²) in [4.78, 5) is 10.0. The Morgan fingerprint density at radius 1 is 0.763 bits per heavy atom. The van der Waals surface area contributed by atoms with E-state index in [0.29, 0.717) is 0 Å². The van der Waals surface area contributed by atoms with Crippen LogP contribution in [0.4, 0.5) is 17.2 Å². The van der Waals surface area contributed by atoms with Crippen LogP contribution in [-0.4, -0.2) is 22.8 Å². The number of nitrogens with zero attached hydrogens (tertiary/aromatic N) is 5. The maximum Gasteiger partial charge on any atom is 0.213 e. The van der Waals surface area contributed by atoms with Crippen molar-refractivity contribution in [3.8, 4) is 11.4 Å². The van der Waals surface area contributed by atoms with Crippen LogP contribution in [0.1, 0.15) is 28.4 Å². The molecular weight excluding hydrogens is 470 g/mol. The molecule has 0 amide bonds. The van der Waals surface area contributed by atoms with Gasteiger partial charge in [0.15, 0.2) is 5.82 Å². The zero-order valence-corrected chi connectivity index (χ0v) is 21.3. The third-order valence-electron chi connectivity index (χ3n) is 7.32. The first kappa shape index (κ1) is 22.4. The number of aromatic nitrogens is 2. The quantitative estimate of drug-likeness (QED) is 0.268. The molecule has 1 atom stereocenters. The molecule has 7 rings (SSSR count). The number of ether oxygens (including phenoxy) is 1. The summed E-state index contributed by atoms with van der Waals surface area (Å²) in [7, 11) is 1.70. The van der Waals surface area contributed by atoms with Gasteiger partial charge < -0.3 is 9.64 Å². The number of methoxy groups -OCH3 is 1. The van der Waals surface area contributed by atoms with Crippen molar-refractivity contribution in [2.45, 2.75) is 19.5 Å². The zero-order valence-electron chi connectivity index (χ0n) is 21.3. The van der Waals surface area contributed by atoms with E-state index < -0.39 is 0 Å². The largest absolute Gasteiger partial charge is 0.497 e. The van der Waals surface area contributed by atoms with E-state index >= 15 is 0 Å². The highest BCUT2D eigenvalue weighted by atomic mass is 16.5. The van der Waals surface area contributed by atoms with Crippen LogP contribution in [-0.2, 0) is 6.54 Å². The normalized spacial score (nSPS) is 15.5. The highest BCUT2D eigenvalue weighted by molar-refractivity contribution is 6.18. The van der Waals surface area contributed by atoms with Gasteiger partial charge in [0, 0.05) is 5.56 Å². The smallest absolute Gasteiger partial charge is 0.213 e. The Hall–Kier alpha value is -4.84. The Labute approximate surface area is 222 Å². The summed E-state index contributed by atoms with van der Waals surface area (Å²) in [6.07, 6.45) is 0. The molecule has 1 aromatic heterocycles. The average Bonchev–Trinajstić information content (AvgIpc) is 3.47. The SMILES string of the molecule is COc1ccc(C2c3c(C)nn(-c4ccccc4)c3N=C3N(Cc4ccccc4)c4ccccc4N32)cc1. The summed E-state index contributed by atoms with van der Waals surface area (Å²) in [5.74, 6) is 2.61. The third kappa shape index (κ3) is 3.49. The first-order valence-electron chi connectivity index (χ1n) is 12.8. The second kappa shape index (κ2) is 8.92. The Morgan fingerprint density at radius 3 is 2.13 bits per heavy atom. The number of benzene rings is 4. The minimum Gasteiger partial charge on any atom is -0.497 e. The molecule has 0 fully saturated rings. The first-order chi connectivity index (χ1) is 18.7. The van der Waals surface area contributed by atoms with Crippen LogP contribution >= 0.6 is 0 Å². The molecule has 2 aliphatic rings. The molecule has 0 bridgehead atoms. The molecule has 38 heavy (non-hydrogen) atoms. The molecule has 6 heteroatoms. The van der Waals surface area contributed by atoms with Crippen molar-refractivity contribution in [1.29, 1.82) is 0 Å². The Bertz CT molecular complexity index is 1640. The fourth-order valence-electron chi connectivity index (χ4n) is 5.56. The van der Waals surface area contributed by atoms with E-state index in [2.05, 4.69) is 95.6 Å². The molecule has 5 aromatic rings. The summed E-state index contributed by atoms with van der Waals surface area (Å²) in [6, 6.07) is 37.6. The highest BCUT2D eigenvalue weighted by Crippen LogP contribution is 2.51. The van der Waals surface area contributed by atoms with Crippen molar-refractivity contribution >= 4 is 23.2 Å². The van der Waals surface area contributed by atoms with Crippen LogP contribution in [0.3, 0.4) is 0 Å². The van der Waals surface area contributed by atoms with E-state index in [4.69, 9.17) is 14.8 Å². The van der Waals surface area contributed by atoms with Crippen LogP contribution < -0.4 is 14.5 Å². The lowest BCUT2D eigenvalue weighted by atomic mass is 9.95. The van der Waals surface area contributed by atoms with Gasteiger partial charge in [-0.2, -0.15) is 10.1 Å². The fourth-order valence-corrected chi connectivity index (χ4v) is 5.56. The van der Waals surface area contributed by atoms with E-state index in [0.717, 1.165) is 58.0 Å². The second-order valence-corrected chi connectivity index (χ2v) is 9.59. The first-order valence-corrected chi connectivity index (χ1v) is 12.8. The second-order valence-electron chi connectivity index (χ2n) is 9.59. The van der Waals surface area contributed by atoms with Crippen molar-refractivity contribution in [1.82, 2.24) is 9.78 Å². The van der Waals surface area contributed by atoms with Gasteiger partial charge in [0.05, 0.1) is 42.5 Å². The summed E-state index contributed by atoms with van der Waals surface area (Å²) < 4.78 is 7.46. The van der Waals surface area contributed by atoms with Crippen molar-refractivity contribution in [2.75, 3.05) is 16.9 Å². The van der Waals surface area contributed by atoms with E-state index in [1.165, 1.54) is 5.56 Å². The number of guanidine groups is 1. The van der Waals surface area contributed by atoms with E-state index in [9.17, 15) is 0 Å². The molecule has 3 heterocycles. The highest BCUT2D eigenvalue weighted by Gasteiger charge is 2.44. The molecule has 0 radical (unpaired) electrons. The molecule has 0 aliphatic carbocycles. The van der Waals surface area contributed by atoms with E-state index in [1.807, 2.05) is 35.0 Å². The Balaban J connectivity index is 1.47. The van der Waals surface area contributed by atoms with Gasteiger partial charge in [-0.3, -0.25) is 4.90 Å². The molecule has 6 nitrogen and oxygen atoms in total. The molecule has 2 aliphatic heterocycles. The molecule has 0 saturated heterocycles. The third-order valence-corrected chi connectivity index (χ3v) is 7.32. The molecule has 0 spiro atoms.